The largest absolute Gasteiger partial charge is 0.465 e. The van der Waals surface area contributed by atoms with Crippen molar-refractivity contribution in [1.82, 2.24) is 5.32 Å². The Morgan fingerprint density at radius 3 is 2.48 bits per heavy atom. The summed E-state index contributed by atoms with van der Waals surface area (Å²) >= 11 is 0. The number of nitrogens with zero attached hydrogens (tertiary/aromatic N) is 1. The van der Waals surface area contributed by atoms with Crippen molar-refractivity contribution in [3.05, 3.63) is 28.3 Å². The number of sulfonamides is 1. The van der Waals surface area contributed by atoms with E-state index in [0.29, 0.717) is 19.4 Å². The Bertz CT molecular complexity index is 759. The van der Waals surface area contributed by atoms with Crippen molar-refractivity contribution in [2.75, 3.05) is 11.9 Å². The average Bonchev–Trinajstić information content (AvgIpc) is 2.52. The summed E-state index contributed by atoms with van der Waals surface area (Å²) in [7, 11) is -4.01. The van der Waals surface area contributed by atoms with Crippen LogP contribution < -0.4 is 15.8 Å². The monoisotopic (exact) mass is 372 g/mol. The number of nitrogens with two attached hydrogens (primary N) is 1. The number of carboxylic acid groups (broad SMARTS) is 1. The van der Waals surface area contributed by atoms with Crippen molar-refractivity contribution >= 4 is 27.5 Å². The molecule has 0 unspecified atom stereocenters. The Kier molecular flexibility index (Phi) is 5.80. The first kappa shape index (κ1) is 18.9. The molecule has 1 aliphatic carbocycles. The van der Waals surface area contributed by atoms with Gasteiger partial charge in [0.15, 0.2) is 0 Å². The van der Waals surface area contributed by atoms with E-state index in [9.17, 15) is 23.3 Å². The average molecular weight is 372 g/mol. The van der Waals surface area contributed by atoms with Gasteiger partial charge in [0, 0.05) is 18.7 Å². The summed E-state index contributed by atoms with van der Waals surface area (Å²) in [6, 6.07) is 3.43. The van der Waals surface area contributed by atoms with Crippen molar-refractivity contribution in [3.63, 3.8) is 0 Å². The van der Waals surface area contributed by atoms with Gasteiger partial charge in [-0.1, -0.05) is 0 Å². The van der Waals surface area contributed by atoms with E-state index < -0.39 is 21.0 Å². The van der Waals surface area contributed by atoms with E-state index in [1.165, 1.54) is 12.1 Å². The first-order valence-corrected chi connectivity index (χ1v) is 9.26. The van der Waals surface area contributed by atoms with E-state index in [4.69, 9.17) is 10.2 Å². The lowest BCUT2D eigenvalue weighted by Gasteiger charge is -2.28. The fourth-order valence-corrected chi connectivity index (χ4v) is 3.46. The molecule has 1 saturated carbocycles. The van der Waals surface area contributed by atoms with Crippen LogP contribution in [0.25, 0.3) is 0 Å². The zero-order chi connectivity index (χ0) is 18.6. The van der Waals surface area contributed by atoms with E-state index in [-0.39, 0.29) is 28.2 Å². The fraction of sp³-hybridized carbons (Fsp3) is 0.500. The first-order valence-electron chi connectivity index (χ1n) is 7.71. The molecule has 10 nitrogen and oxygen atoms in total. The van der Waals surface area contributed by atoms with Gasteiger partial charge in [-0.15, -0.1) is 0 Å². The molecular weight excluding hydrogens is 352 g/mol. The summed E-state index contributed by atoms with van der Waals surface area (Å²) in [5, 5.41) is 30.3. The number of primary sulfonamides is 1. The van der Waals surface area contributed by atoms with Gasteiger partial charge in [0.25, 0.3) is 5.69 Å². The highest BCUT2D eigenvalue weighted by Crippen LogP contribution is 2.29. The van der Waals surface area contributed by atoms with Crippen LogP contribution in [0, 0.1) is 16.0 Å². The van der Waals surface area contributed by atoms with Crippen LogP contribution in [0.15, 0.2) is 23.1 Å². The molecule has 0 aromatic heterocycles. The van der Waals surface area contributed by atoms with Gasteiger partial charge in [-0.3, -0.25) is 10.1 Å². The van der Waals surface area contributed by atoms with Crippen molar-refractivity contribution in [2.45, 2.75) is 36.6 Å². The minimum Gasteiger partial charge on any atom is -0.465 e. The minimum atomic E-state index is -4.01. The summed E-state index contributed by atoms with van der Waals surface area (Å²) in [5.74, 6) is 0.254. The molecule has 1 aromatic rings. The van der Waals surface area contributed by atoms with E-state index in [1.54, 1.807) is 0 Å². The second-order valence-electron chi connectivity index (χ2n) is 6.03. The van der Waals surface area contributed by atoms with Gasteiger partial charge >= 0.3 is 6.09 Å². The van der Waals surface area contributed by atoms with Crippen molar-refractivity contribution in [3.8, 4) is 0 Å². The molecule has 0 saturated heterocycles. The maximum absolute atomic E-state index is 11.3. The number of nitro groups is 1. The van der Waals surface area contributed by atoms with Crippen LogP contribution in [-0.2, 0) is 10.0 Å². The fourth-order valence-electron chi connectivity index (χ4n) is 2.93. The number of amides is 1. The Morgan fingerprint density at radius 1 is 1.32 bits per heavy atom. The minimum absolute atomic E-state index is 0.0582. The Labute approximate surface area is 144 Å². The second kappa shape index (κ2) is 7.66. The molecule has 1 aliphatic rings. The van der Waals surface area contributed by atoms with Gasteiger partial charge in [0.1, 0.15) is 5.69 Å². The summed E-state index contributed by atoms with van der Waals surface area (Å²) < 4.78 is 22.6. The molecule has 2 rings (SSSR count). The van der Waals surface area contributed by atoms with Crippen LogP contribution in [0.5, 0.6) is 0 Å². The molecule has 25 heavy (non-hydrogen) atoms. The van der Waals surface area contributed by atoms with E-state index in [0.717, 1.165) is 18.9 Å². The van der Waals surface area contributed by atoms with E-state index in [2.05, 4.69) is 10.6 Å². The maximum atomic E-state index is 11.3. The highest BCUT2D eigenvalue weighted by Gasteiger charge is 2.24. The number of rotatable bonds is 6. The van der Waals surface area contributed by atoms with Gasteiger partial charge in [0.2, 0.25) is 10.0 Å². The van der Waals surface area contributed by atoms with Crippen molar-refractivity contribution in [2.24, 2.45) is 11.1 Å². The lowest BCUT2D eigenvalue weighted by molar-refractivity contribution is -0.384. The van der Waals surface area contributed by atoms with Gasteiger partial charge in [-0.2, -0.15) is 0 Å². The lowest BCUT2D eigenvalue weighted by atomic mass is 9.86. The predicted molar refractivity (Wildman–Crippen MR) is 89.9 cm³/mol. The quantitative estimate of drug-likeness (QED) is 0.433. The third-order valence-electron chi connectivity index (χ3n) is 4.25. The number of anilines is 1. The Balaban J connectivity index is 1.99. The molecule has 1 aromatic carbocycles. The van der Waals surface area contributed by atoms with Crippen LogP contribution in [0.1, 0.15) is 25.7 Å². The molecule has 1 amide bonds. The van der Waals surface area contributed by atoms with Gasteiger partial charge in [-0.25, -0.2) is 18.4 Å². The third kappa shape index (κ3) is 5.29. The normalized spacial score (nSPS) is 20.7. The molecule has 0 aliphatic heterocycles. The Hall–Kier alpha value is -2.40. The SMILES string of the molecule is NS(=O)(=O)c1ccc(NCC2CCC(NC(=O)O)CC2)c([N+](=O)[O-])c1. The molecular formula is C14H20N4O6S. The first-order chi connectivity index (χ1) is 11.7. The smallest absolute Gasteiger partial charge is 0.404 e. The zero-order valence-corrected chi connectivity index (χ0v) is 14.2. The molecule has 0 atom stereocenters. The van der Waals surface area contributed by atoms with Crippen molar-refractivity contribution < 1.29 is 23.2 Å². The van der Waals surface area contributed by atoms with Crippen LogP contribution in [0.3, 0.4) is 0 Å². The molecule has 5 N–H and O–H groups in total. The van der Waals surface area contributed by atoms with E-state index >= 15 is 0 Å². The lowest BCUT2D eigenvalue weighted by Crippen LogP contribution is -2.37. The molecule has 0 bridgehead atoms. The number of nitro benzene ring substituents is 1. The molecule has 11 heteroatoms. The number of hydrogen-bond acceptors (Lipinski definition) is 6. The topological polar surface area (TPSA) is 165 Å². The second-order valence-corrected chi connectivity index (χ2v) is 7.59. The standard InChI is InChI=1S/C14H20N4O6S/c15-25(23,24)11-5-6-12(13(7-11)18(21)22)16-8-9-1-3-10(4-2-9)17-14(19)20/h5-7,9-10,16-17H,1-4,8H2,(H,19,20)(H2,15,23,24). The van der Waals surface area contributed by atoms with Crippen LogP contribution >= 0.6 is 0 Å². The number of nitrogens with one attached hydrogen (secondary N) is 2. The van der Waals surface area contributed by atoms with Gasteiger partial charge in [0.05, 0.1) is 9.82 Å². The predicted octanol–water partition coefficient (Wildman–Crippen LogP) is 1.48. The highest BCUT2D eigenvalue weighted by atomic mass is 32.2. The van der Waals surface area contributed by atoms with Crippen molar-refractivity contribution in [1.29, 1.82) is 0 Å². The number of carbonyl (C=O) groups is 1. The summed E-state index contributed by atoms with van der Waals surface area (Å²) in [6.07, 6.45) is 1.98. The highest BCUT2D eigenvalue weighted by molar-refractivity contribution is 7.89. The molecule has 0 radical (unpaired) electrons. The van der Waals surface area contributed by atoms with Crippen LogP contribution in [-0.4, -0.2) is 37.1 Å². The summed E-state index contributed by atoms with van der Waals surface area (Å²) in [6.45, 7) is 0.482. The molecule has 0 heterocycles. The molecule has 0 spiro atoms. The number of benzene rings is 1. The summed E-state index contributed by atoms with van der Waals surface area (Å²) in [5.41, 5.74) is -0.129. The maximum Gasteiger partial charge on any atom is 0.404 e. The molecule has 138 valence electrons. The van der Waals surface area contributed by atoms with E-state index in [1.807, 2.05) is 0 Å². The molecule has 1 fully saturated rings. The van der Waals surface area contributed by atoms with Gasteiger partial charge in [-0.05, 0) is 43.7 Å². The van der Waals surface area contributed by atoms with Crippen LogP contribution in [0.2, 0.25) is 0 Å². The van der Waals surface area contributed by atoms with Crippen LogP contribution in [0.4, 0.5) is 16.2 Å². The third-order valence-corrected chi connectivity index (χ3v) is 5.16. The zero-order valence-electron chi connectivity index (χ0n) is 13.3. The number of hydrogen-bond donors (Lipinski definition) is 4. The Morgan fingerprint density at radius 2 is 1.96 bits per heavy atom. The summed E-state index contributed by atoms with van der Waals surface area (Å²) in [4.78, 5) is 20.8. The van der Waals surface area contributed by atoms with Gasteiger partial charge < -0.3 is 15.7 Å².